The third-order valence-corrected chi connectivity index (χ3v) is 6.80. The molecule has 0 saturated heterocycles. The molecule has 0 radical (unpaired) electrons. The van der Waals surface area contributed by atoms with E-state index in [-0.39, 0.29) is 39.2 Å². The first-order chi connectivity index (χ1) is 14.8. The van der Waals surface area contributed by atoms with Crippen molar-refractivity contribution in [3.8, 4) is 22.6 Å². The Morgan fingerprint density at radius 1 is 0.935 bits per heavy atom. The number of ketones is 1. The lowest BCUT2D eigenvalue weighted by molar-refractivity contribution is 0.0984. The van der Waals surface area contributed by atoms with Crippen LogP contribution < -0.4 is 9.47 Å². The maximum absolute atomic E-state index is 13.4. The smallest absolute Gasteiger partial charge is 0.186 e. The van der Waals surface area contributed by atoms with E-state index in [4.69, 9.17) is 21.1 Å². The van der Waals surface area contributed by atoms with Crippen LogP contribution in [0.15, 0.2) is 65.6 Å². The van der Waals surface area contributed by atoms with Crippen molar-refractivity contribution in [3.05, 3.63) is 76.8 Å². The van der Waals surface area contributed by atoms with Crippen molar-refractivity contribution in [2.45, 2.75) is 24.0 Å². The summed E-state index contributed by atoms with van der Waals surface area (Å²) >= 11 is 6.16. The van der Waals surface area contributed by atoms with Gasteiger partial charge in [-0.1, -0.05) is 54.9 Å². The third kappa shape index (κ3) is 4.92. The quantitative estimate of drug-likeness (QED) is 0.411. The fraction of sp³-hybridized carbons (Fsp3) is 0.208. The number of benzene rings is 3. The molecule has 0 N–H and O–H groups in total. The monoisotopic (exact) mass is 458 g/mol. The zero-order valence-electron chi connectivity index (χ0n) is 17.5. The molecular weight excluding hydrogens is 436 g/mol. The molecule has 3 aromatic carbocycles. The van der Waals surface area contributed by atoms with Crippen LogP contribution in [0.25, 0.3) is 11.1 Å². The molecule has 0 saturated carbocycles. The average molecular weight is 459 g/mol. The largest absolute Gasteiger partial charge is 0.496 e. The molecule has 31 heavy (non-hydrogen) atoms. The van der Waals surface area contributed by atoms with Crippen LogP contribution in [0.2, 0.25) is 5.02 Å². The lowest BCUT2D eigenvalue weighted by Crippen LogP contribution is -2.11. The number of hydrogen-bond acceptors (Lipinski definition) is 5. The molecule has 0 aliphatic rings. The van der Waals surface area contributed by atoms with E-state index < -0.39 is 9.84 Å². The number of halogens is 1. The van der Waals surface area contributed by atoms with E-state index in [1.165, 1.54) is 26.4 Å². The molecule has 0 unspecified atom stereocenters. The fourth-order valence-electron chi connectivity index (χ4n) is 3.39. The van der Waals surface area contributed by atoms with Gasteiger partial charge in [-0.3, -0.25) is 4.79 Å². The molecule has 0 amide bonds. The third-order valence-electron chi connectivity index (χ3n) is 4.91. The number of sulfone groups is 1. The SMILES string of the molecule is CCC(=O)c1cc(Cl)cc(S(=O)(=O)Cc2cc(-c3ccccc3)ccc2OC)c1OC. The van der Waals surface area contributed by atoms with Crippen LogP contribution in [-0.2, 0) is 15.6 Å². The lowest BCUT2D eigenvalue weighted by atomic mass is 10.0. The van der Waals surface area contributed by atoms with Crippen molar-refractivity contribution in [2.75, 3.05) is 14.2 Å². The lowest BCUT2D eigenvalue weighted by Gasteiger charge is -2.16. The van der Waals surface area contributed by atoms with Gasteiger partial charge in [0.25, 0.3) is 0 Å². The summed E-state index contributed by atoms with van der Waals surface area (Å²) in [6.07, 6.45) is 0.198. The van der Waals surface area contributed by atoms with Gasteiger partial charge in [-0.05, 0) is 35.4 Å². The predicted molar refractivity (Wildman–Crippen MR) is 122 cm³/mol. The molecule has 0 fully saturated rings. The minimum absolute atomic E-state index is 0.00873. The van der Waals surface area contributed by atoms with Crippen LogP contribution in [0.3, 0.4) is 0 Å². The second-order valence-corrected chi connectivity index (χ2v) is 9.31. The van der Waals surface area contributed by atoms with Crippen molar-refractivity contribution in [2.24, 2.45) is 0 Å². The van der Waals surface area contributed by atoms with E-state index in [2.05, 4.69) is 0 Å². The van der Waals surface area contributed by atoms with Gasteiger partial charge in [0, 0.05) is 17.0 Å². The van der Waals surface area contributed by atoms with Gasteiger partial charge in [0.2, 0.25) is 0 Å². The first-order valence-corrected chi connectivity index (χ1v) is 11.7. The topological polar surface area (TPSA) is 69.7 Å². The molecule has 3 aromatic rings. The second-order valence-electron chi connectivity index (χ2n) is 6.91. The highest BCUT2D eigenvalue weighted by atomic mass is 35.5. The Morgan fingerprint density at radius 2 is 1.65 bits per heavy atom. The van der Waals surface area contributed by atoms with E-state index >= 15 is 0 Å². The molecule has 0 aliphatic heterocycles. The molecule has 162 valence electrons. The Kier molecular flexibility index (Phi) is 7.03. The van der Waals surface area contributed by atoms with E-state index in [0.717, 1.165) is 11.1 Å². The van der Waals surface area contributed by atoms with E-state index in [1.807, 2.05) is 36.4 Å². The minimum atomic E-state index is -3.92. The van der Waals surface area contributed by atoms with Gasteiger partial charge in [-0.15, -0.1) is 0 Å². The maximum Gasteiger partial charge on any atom is 0.186 e. The Morgan fingerprint density at radius 3 is 2.26 bits per heavy atom. The highest BCUT2D eigenvalue weighted by Gasteiger charge is 2.27. The van der Waals surface area contributed by atoms with Crippen LogP contribution in [-0.4, -0.2) is 28.4 Å². The van der Waals surface area contributed by atoms with Gasteiger partial charge in [0.15, 0.2) is 15.6 Å². The summed E-state index contributed by atoms with van der Waals surface area (Å²) in [5, 5.41) is 0.154. The molecule has 3 rings (SSSR count). The summed E-state index contributed by atoms with van der Waals surface area (Å²) in [6.45, 7) is 1.69. The maximum atomic E-state index is 13.4. The normalized spacial score (nSPS) is 11.2. The number of ether oxygens (including phenoxy) is 2. The number of carbonyl (C=O) groups excluding carboxylic acids is 1. The highest BCUT2D eigenvalue weighted by molar-refractivity contribution is 7.90. The fourth-order valence-corrected chi connectivity index (χ4v) is 5.25. The zero-order chi connectivity index (χ0) is 22.6. The molecule has 0 aromatic heterocycles. The van der Waals surface area contributed by atoms with Gasteiger partial charge < -0.3 is 9.47 Å². The van der Waals surface area contributed by atoms with Crippen molar-refractivity contribution >= 4 is 27.2 Å². The summed E-state index contributed by atoms with van der Waals surface area (Å²) in [5.41, 5.74) is 2.47. The van der Waals surface area contributed by atoms with E-state index in [0.29, 0.717) is 11.3 Å². The molecule has 0 spiro atoms. The molecular formula is C24H23ClO5S. The highest BCUT2D eigenvalue weighted by Crippen LogP contribution is 2.36. The summed E-state index contributed by atoms with van der Waals surface area (Å²) in [7, 11) is -1.09. The van der Waals surface area contributed by atoms with Crippen LogP contribution in [0.1, 0.15) is 29.3 Å². The number of hydrogen-bond donors (Lipinski definition) is 0. The first-order valence-electron chi connectivity index (χ1n) is 9.66. The van der Waals surface area contributed by atoms with Crippen LogP contribution in [0.5, 0.6) is 11.5 Å². The Labute approximate surface area is 187 Å². The van der Waals surface area contributed by atoms with Crippen LogP contribution in [0.4, 0.5) is 0 Å². The first kappa shape index (κ1) is 22.8. The van der Waals surface area contributed by atoms with Gasteiger partial charge >= 0.3 is 0 Å². The number of methoxy groups -OCH3 is 2. The zero-order valence-corrected chi connectivity index (χ0v) is 19.1. The average Bonchev–Trinajstić information content (AvgIpc) is 2.78. The molecule has 0 aliphatic carbocycles. The summed E-state index contributed by atoms with van der Waals surface area (Å²) < 4.78 is 37.6. The van der Waals surface area contributed by atoms with E-state index in [9.17, 15) is 13.2 Å². The van der Waals surface area contributed by atoms with Gasteiger partial charge in [-0.2, -0.15) is 0 Å². The summed E-state index contributed by atoms with van der Waals surface area (Å²) in [4.78, 5) is 12.2. The molecule has 0 atom stereocenters. The Bertz CT molecular complexity index is 1200. The predicted octanol–water partition coefficient (Wildman–Crippen LogP) is 5.59. The second kappa shape index (κ2) is 9.54. The van der Waals surface area contributed by atoms with E-state index in [1.54, 1.807) is 19.1 Å². The number of Topliss-reactive ketones (excluding diaryl/α,β-unsaturated/α-hetero) is 1. The molecule has 0 heterocycles. The molecule has 5 nitrogen and oxygen atoms in total. The van der Waals surface area contributed by atoms with Crippen molar-refractivity contribution < 1.29 is 22.7 Å². The van der Waals surface area contributed by atoms with Crippen molar-refractivity contribution in [1.82, 2.24) is 0 Å². The molecule has 7 heteroatoms. The van der Waals surface area contributed by atoms with Crippen molar-refractivity contribution in [3.63, 3.8) is 0 Å². The van der Waals surface area contributed by atoms with Gasteiger partial charge in [0.1, 0.15) is 16.4 Å². The minimum Gasteiger partial charge on any atom is -0.496 e. The summed E-state index contributed by atoms with van der Waals surface area (Å²) in [6, 6.07) is 17.8. The van der Waals surface area contributed by atoms with Crippen molar-refractivity contribution in [1.29, 1.82) is 0 Å². The van der Waals surface area contributed by atoms with Crippen LogP contribution >= 0.6 is 11.6 Å². The van der Waals surface area contributed by atoms with Gasteiger partial charge in [0.05, 0.1) is 25.5 Å². The Hall–Kier alpha value is -2.83. The standard InChI is InChI=1S/C24H23ClO5S/c1-4-21(26)20-13-19(25)14-23(24(20)30-3)31(27,28)15-18-12-17(10-11-22(18)29-2)16-8-6-5-7-9-16/h5-14H,4,15H2,1-3H3. The van der Waals surface area contributed by atoms with Gasteiger partial charge in [-0.25, -0.2) is 8.42 Å². The number of carbonyl (C=O) groups is 1. The number of rotatable bonds is 8. The van der Waals surface area contributed by atoms with Crippen LogP contribution in [0, 0.1) is 0 Å². The Balaban J connectivity index is 2.11. The molecule has 0 bridgehead atoms. The summed E-state index contributed by atoms with van der Waals surface area (Å²) in [5.74, 6) is -0.129.